The summed E-state index contributed by atoms with van der Waals surface area (Å²) in [5.74, 6) is 0.759. The molecule has 3 atom stereocenters. The van der Waals surface area contributed by atoms with Gasteiger partial charge < -0.3 is 19.9 Å². The van der Waals surface area contributed by atoms with Crippen molar-refractivity contribution >= 4 is 0 Å². The minimum atomic E-state index is -0.451. The van der Waals surface area contributed by atoms with E-state index >= 15 is 0 Å². The first kappa shape index (κ1) is 16.9. The molecule has 0 aromatic heterocycles. The van der Waals surface area contributed by atoms with Gasteiger partial charge in [0.15, 0.2) is 0 Å². The Bertz CT molecular complexity index is 246. The third-order valence-corrected chi connectivity index (χ3v) is 3.73. The van der Waals surface area contributed by atoms with Crippen molar-refractivity contribution in [3.63, 3.8) is 0 Å². The Hall–Kier alpha value is -0.160. The summed E-state index contributed by atoms with van der Waals surface area (Å²) in [5.41, 5.74) is -0.116. The highest BCUT2D eigenvalue weighted by Crippen LogP contribution is 2.25. The fraction of sp³-hybridized carbons (Fsp3) is 1.00. The van der Waals surface area contributed by atoms with Crippen LogP contribution in [0.15, 0.2) is 0 Å². The summed E-state index contributed by atoms with van der Waals surface area (Å²) in [7, 11) is 1.69. The van der Waals surface area contributed by atoms with Crippen molar-refractivity contribution in [2.75, 3.05) is 26.9 Å². The average Bonchev–Trinajstić information content (AvgIpc) is 2.34. The summed E-state index contributed by atoms with van der Waals surface area (Å²) in [6, 6.07) is 0. The molecule has 0 heterocycles. The Morgan fingerprint density at radius 3 is 2.74 bits per heavy atom. The maximum atomic E-state index is 9.95. The molecule has 0 spiro atoms. The fourth-order valence-corrected chi connectivity index (χ4v) is 2.64. The number of rotatable bonds is 8. The lowest BCUT2D eigenvalue weighted by atomic mass is 9.89. The van der Waals surface area contributed by atoms with E-state index in [4.69, 9.17) is 9.47 Å². The number of nitrogens with one attached hydrogen (secondary N) is 1. The van der Waals surface area contributed by atoms with E-state index in [1.54, 1.807) is 7.11 Å². The van der Waals surface area contributed by atoms with Gasteiger partial charge in [0, 0.05) is 19.2 Å². The quantitative estimate of drug-likeness (QED) is 0.710. The van der Waals surface area contributed by atoms with Crippen LogP contribution in [-0.2, 0) is 9.47 Å². The SMILES string of the molecule is COCC(C)(C)NCC(O)COC1CCCC(C)C1. The van der Waals surface area contributed by atoms with Crippen LogP contribution >= 0.6 is 0 Å². The van der Waals surface area contributed by atoms with Gasteiger partial charge >= 0.3 is 0 Å². The Balaban J connectivity index is 2.15. The summed E-state index contributed by atoms with van der Waals surface area (Å²) >= 11 is 0. The highest BCUT2D eigenvalue weighted by Gasteiger charge is 2.21. The minimum absolute atomic E-state index is 0.116. The molecule has 1 fully saturated rings. The molecule has 0 bridgehead atoms. The molecule has 1 aliphatic rings. The third kappa shape index (κ3) is 7.25. The summed E-state index contributed by atoms with van der Waals surface area (Å²) in [6.07, 6.45) is 4.73. The molecule has 1 saturated carbocycles. The van der Waals surface area contributed by atoms with E-state index in [1.165, 1.54) is 12.8 Å². The first-order valence-electron chi connectivity index (χ1n) is 7.46. The number of aliphatic hydroxyl groups excluding tert-OH is 1. The molecule has 0 saturated heterocycles. The van der Waals surface area contributed by atoms with E-state index in [2.05, 4.69) is 26.1 Å². The zero-order chi connectivity index (χ0) is 14.3. The maximum absolute atomic E-state index is 9.95. The van der Waals surface area contributed by atoms with Gasteiger partial charge in [-0.2, -0.15) is 0 Å². The second kappa shape index (κ2) is 8.20. The van der Waals surface area contributed by atoms with Crippen molar-refractivity contribution < 1.29 is 14.6 Å². The second-order valence-electron chi connectivity index (χ2n) is 6.58. The normalized spacial score (nSPS) is 26.4. The molecular weight excluding hydrogens is 242 g/mol. The van der Waals surface area contributed by atoms with Crippen LogP contribution in [0.5, 0.6) is 0 Å². The number of hydrogen-bond donors (Lipinski definition) is 2. The van der Waals surface area contributed by atoms with E-state index in [-0.39, 0.29) is 5.54 Å². The van der Waals surface area contributed by atoms with E-state index in [1.807, 2.05) is 0 Å². The van der Waals surface area contributed by atoms with Crippen LogP contribution in [0.3, 0.4) is 0 Å². The lowest BCUT2D eigenvalue weighted by Crippen LogP contribution is -2.47. The highest BCUT2D eigenvalue weighted by molar-refractivity contribution is 4.78. The molecule has 19 heavy (non-hydrogen) atoms. The molecule has 0 radical (unpaired) electrons. The molecule has 1 rings (SSSR count). The van der Waals surface area contributed by atoms with Crippen LogP contribution < -0.4 is 5.32 Å². The highest BCUT2D eigenvalue weighted by atomic mass is 16.5. The van der Waals surface area contributed by atoms with Gasteiger partial charge in [0.2, 0.25) is 0 Å². The molecule has 4 nitrogen and oxygen atoms in total. The molecule has 2 N–H and O–H groups in total. The van der Waals surface area contributed by atoms with Gasteiger partial charge in [-0.05, 0) is 32.6 Å². The van der Waals surface area contributed by atoms with Gasteiger partial charge in [0.1, 0.15) is 0 Å². The number of ether oxygens (including phenoxy) is 2. The standard InChI is InChI=1S/C15H31NO3/c1-12-6-5-7-14(8-12)19-10-13(17)9-16-15(2,3)11-18-4/h12-14,16-17H,5-11H2,1-4H3. The summed E-state index contributed by atoms with van der Waals surface area (Å²) in [6.45, 7) is 7.99. The van der Waals surface area contributed by atoms with Crippen LogP contribution in [0, 0.1) is 5.92 Å². The Kier molecular flexibility index (Phi) is 7.29. The number of β-amino-alcohol motifs (C(OH)–C–C–N with tert-alkyl or cyclic N) is 1. The van der Waals surface area contributed by atoms with Crippen molar-refractivity contribution in [2.45, 2.75) is 64.2 Å². The maximum Gasteiger partial charge on any atom is 0.0898 e. The van der Waals surface area contributed by atoms with E-state index in [0.717, 1.165) is 18.8 Å². The number of hydrogen-bond acceptors (Lipinski definition) is 4. The van der Waals surface area contributed by atoms with Gasteiger partial charge in [-0.15, -0.1) is 0 Å². The lowest BCUT2D eigenvalue weighted by molar-refractivity contribution is -0.0329. The zero-order valence-corrected chi connectivity index (χ0v) is 12.9. The van der Waals surface area contributed by atoms with Crippen molar-refractivity contribution in [1.82, 2.24) is 5.32 Å². The topological polar surface area (TPSA) is 50.7 Å². The van der Waals surface area contributed by atoms with Crippen LogP contribution in [-0.4, -0.2) is 49.7 Å². The third-order valence-electron chi connectivity index (χ3n) is 3.73. The van der Waals surface area contributed by atoms with Gasteiger partial charge in [-0.3, -0.25) is 0 Å². The van der Waals surface area contributed by atoms with Gasteiger partial charge in [-0.1, -0.05) is 19.8 Å². The number of aliphatic hydroxyl groups is 1. The molecule has 0 aromatic rings. The first-order chi connectivity index (χ1) is 8.93. The van der Waals surface area contributed by atoms with Crippen molar-refractivity contribution in [3.05, 3.63) is 0 Å². The van der Waals surface area contributed by atoms with E-state index < -0.39 is 6.10 Å². The molecule has 114 valence electrons. The Morgan fingerprint density at radius 2 is 2.11 bits per heavy atom. The molecule has 0 aliphatic heterocycles. The first-order valence-corrected chi connectivity index (χ1v) is 7.46. The van der Waals surface area contributed by atoms with Crippen LogP contribution in [0.25, 0.3) is 0 Å². The Labute approximate surface area is 117 Å². The molecule has 3 unspecified atom stereocenters. The van der Waals surface area contributed by atoms with Gasteiger partial charge in [0.05, 0.1) is 25.4 Å². The van der Waals surface area contributed by atoms with E-state index in [0.29, 0.717) is 25.9 Å². The summed E-state index contributed by atoms with van der Waals surface area (Å²) in [4.78, 5) is 0. The average molecular weight is 273 g/mol. The molecule has 0 amide bonds. The lowest BCUT2D eigenvalue weighted by Gasteiger charge is -2.29. The predicted octanol–water partition coefficient (Wildman–Crippen LogP) is 1.96. The molecular formula is C15H31NO3. The van der Waals surface area contributed by atoms with Gasteiger partial charge in [-0.25, -0.2) is 0 Å². The van der Waals surface area contributed by atoms with Crippen molar-refractivity contribution in [1.29, 1.82) is 0 Å². The zero-order valence-electron chi connectivity index (χ0n) is 12.9. The van der Waals surface area contributed by atoms with Crippen molar-refractivity contribution in [3.8, 4) is 0 Å². The van der Waals surface area contributed by atoms with Crippen LogP contribution in [0.4, 0.5) is 0 Å². The molecule has 4 heteroatoms. The molecule has 0 aromatic carbocycles. The predicted molar refractivity (Wildman–Crippen MR) is 77.3 cm³/mol. The largest absolute Gasteiger partial charge is 0.389 e. The number of methoxy groups -OCH3 is 1. The van der Waals surface area contributed by atoms with Crippen molar-refractivity contribution in [2.24, 2.45) is 5.92 Å². The smallest absolute Gasteiger partial charge is 0.0898 e. The van der Waals surface area contributed by atoms with Gasteiger partial charge in [0.25, 0.3) is 0 Å². The van der Waals surface area contributed by atoms with Crippen LogP contribution in [0.1, 0.15) is 46.5 Å². The summed E-state index contributed by atoms with van der Waals surface area (Å²) < 4.78 is 10.9. The Morgan fingerprint density at radius 1 is 1.37 bits per heavy atom. The fourth-order valence-electron chi connectivity index (χ4n) is 2.64. The monoisotopic (exact) mass is 273 g/mol. The minimum Gasteiger partial charge on any atom is -0.389 e. The van der Waals surface area contributed by atoms with E-state index in [9.17, 15) is 5.11 Å². The molecule has 1 aliphatic carbocycles. The van der Waals surface area contributed by atoms with Crippen LogP contribution in [0.2, 0.25) is 0 Å². The summed E-state index contributed by atoms with van der Waals surface area (Å²) in [5, 5.41) is 13.3. The second-order valence-corrected chi connectivity index (χ2v) is 6.58.